The second-order valence-corrected chi connectivity index (χ2v) is 5.71. The Labute approximate surface area is 123 Å². The molecule has 5 nitrogen and oxygen atoms in total. The minimum absolute atomic E-state index is 0.103. The van der Waals surface area contributed by atoms with Gasteiger partial charge < -0.3 is 5.32 Å². The van der Waals surface area contributed by atoms with Crippen LogP contribution in [0.4, 0.5) is 10.1 Å². The summed E-state index contributed by atoms with van der Waals surface area (Å²) in [5, 5.41) is 9.37. The molecule has 0 aliphatic heterocycles. The number of hydrogen-bond acceptors (Lipinski definition) is 3. The third-order valence-corrected chi connectivity index (χ3v) is 3.79. The molecule has 2 N–H and O–H groups in total. The summed E-state index contributed by atoms with van der Waals surface area (Å²) < 4.78 is 13.6. The van der Waals surface area contributed by atoms with Crippen LogP contribution in [0.15, 0.2) is 16.6 Å². The van der Waals surface area contributed by atoms with E-state index in [1.165, 1.54) is 12.1 Å². The van der Waals surface area contributed by atoms with Crippen LogP contribution < -0.4 is 5.32 Å². The quantitative estimate of drug-likeness (QED) is 0.903. The number of nitrogens with one attached hydrogen (secondary N) is 2. The van der Waals surface area contributed by atoms with Gasteiger partial charge in [-0.05, 0) is 53.4 Å². The molecule has 0 atom stereocenters. The van der Waals surface area contributed by atoms with Gasteiger partial charge in [-0.25, -0.2) is 9.37 Å². The van der Waals surface area contributed by atoms with Crippen LogP contribution in [0.1, 0.15) is 40.8 Å². The third-order valence-electron chi connectivity index (χ3n) is 3.19. The largest absolute Gasteiger partial charge is 0.319 e. The Hall–Kier alpha value is -1.76. The van der Waals surface area contributed by atoms with Gasteiger partial charge in [0.1, 0.15) is 11.6 Å². The summed E-state index contributed by atoms with van der Waals surface area (Å²) in [6, 6.07) is 2.88. The molecule has 2 aromatic rings. The van der Waals surface area contributed by atoms with E-state index in [1.807, 2.05) is 0 Å². The molecule has 104 valence electrons. The number of H-pyrrole nitrogens is 1. The minimum Gasteiger partial charge on any atom is -0.319 e. The van der Waals surface area contributed by atoms with Gasteiger partial charge in [-0.2, -0.15) is 0 Å². The molecule has 20 heavy (non-hydrogen) atoms. The highest BCUT2D eigenvalue weighted by atomic mass is 79.9. The second-order valence-electron chi connectivity index (χ2n) is 4.85. The number of aromatic nitrogens is 3. The first-order valence-corrected chi connectivity index (χ1v) is 7.03. The zero-order valence-electron chi connectivity index (χ0n) is 10.7. The lowest BCUT2D eigenvalue weighted by Gasteiger charge is -2.07. The lowest BCUT2D eigenvalue weighted by molar-refractivity contribution is 0.101. The predicted molar refractivity (Wildman–Crippen MR) is 75.1 cm³/mol. The van der Waals surface area contributed by atoms with Crippen LogP contribution in [0.2, 0.25) is 0 Å². The summed E-state index contributed by atoms with van der Waals surface area (Å²) in [6.07, 6.45) is 2.17. The summed E-state index contributed by atoms with van der Waals surface area (Å²) in [6.45, 7) is 1.72. The molecule has 1 heterocycles. The molecule has 3 rings (SSSR count). The highest BCUT2D eigenvalue weighted by Crippen LogP contribution is 2.37. The summed E-state index contributed by atoms with van der Waals surface area (Å²) in [7, 11) is 0. The summed E-state index contributed by atoms with van der Waals surface area (Å²) in [4.78, 5) is 16.2. The van der Waals surface area contributed by atoms with Gasteiger partial charge in [0, 0.05) is 11.6 Å². The van der Waals surface area contributed by atoms with Gasteiger partial charge in [-0.15, -0.1) is 5.10 Å². The Kier molecular flexibility index (Phi) is 3.29. The molecular formula is C13H12BrFN4O. The van der Waals surface area contributed by atoms with Crippen molar-refractivity contribution in [1.29, 1.82) is 0 Å². The summed E-state index contributed by atoms with van der Waals surface area (Å²) in [5.41, 5.74) is 1.16. The van der Waals surface area contributed by atoms with Crippen molar-refractivity contribution in [3.05, 3.63) is 39.6 Å². The van der Waals surface area contributed by atoms with Gasteiger partial charge in [0.05, 0.1) is 4.47 Å². The minimum atomic E-state index is -0.408. The van der Waals surface area contributed by atoms with Crippen molar-refractivity contribution in [2.45, 2.75) is 25.7 Å². The molecule has 0 radical (unpaired) electrons. The van der Waals surface area contributed by atoms with Crippen LogP contribution in [0.25, 0.3) is 0 Å². The van der Waals surface area contributed by atoms with Crippen molar-refractivity contribution < 1.29 is 9.18 Å². The van der Waals surface area contributed by atoms with Crippen LogP contribution >= 0.6 is 15.9 Å². The Balaban J connectivity index is 1.79. The number of benzene rings is 1. The number of halogens is 2. The third kappa shape index (κ3) is 2.58. The van der Waals surface area contributed by atoms with Gasteiger partial charge in [0.25, 0.3) is 5.91 Å². The van der Waals surface area contributed by atoms with Crippen molar-refractivity contribution in [3.8, 4) is 0 Å². The van der Waals surface area contributed by atoms with Crippen molar-refractivity contribution in [1.82, 2.24) is 15.2 Å². The molecule has 1 saturated carbocycles. The van der Waals surface area contributed by atoms with Gasteiger partial charge in [0.2, 0.25) is 5.82 Å². The van der Waals surface area contributed by atoms with E-state index in [0.29, 0.717) is 21.6 Å². The average molecular weight is 339 g/mol. The molecule has 1 fully saturated rings. The van der Waals surface area contributed by atoms with E-state index in [-0.39, 0.29) is 11.6 Å². The van der Waals surface area contributed by atoms with E-state index in [4.69, 9.17) is 0 Å². The number of hydrogen-bond donors (Lipinski definition) is 2. The zero-order chi connectivity index (χ0) is 14.3. The molecule has 1 aliphatic carbocycles. The molecular weight excluding hydrogens is 327 g/mol. The maximum atomic E-state index is 13.3. The van der Waals surface area contributed by atoms with Gasteiger partial charge >= 0.3 is 0 Å². The number of aromatic amines is 1. The van der Waals surface area contributed by atoms with Crippen molar-refractivity contribution in [2.75, 3.05) is 5.32 Å². The first kappa shape index (κ1) is 13.2. The van der Waals surface area contributed by atoms with E-state index in [9.17, 15) is 9.18 Å². The van der Waals surface area contributed by atoms with Crippen LogP contribution in [0.5, 0.6) is 0 Å². The normalized spacial score (nSPS) is 14.3. The van der Waals surface area contributed by atoms with Crippen molar-refractivity contribution in [3.63, 3.8) is 0 Å². The summed E-state index contributed by atoms with van der Waals surface area (Å²) >= 11 is 3.09. The maximum absolute atomic E-state index is 13.3. The smallest absolute Gasteiger partial charge is 0.295 e. The van der Waals surface area contributed by atoms with Crippen LogP contribution in [-0.4, -0.2) is 21.1 Å². The van der Waals surface area contributed by atoms with Gasteiger partial charge in [0.15, 0.2) is 0 Å². The SMILES string of the molecule is Cc1cc(F)c(Br)cc1NC(=O)c1n[nH]c(C2CC2)n1. The van der Waals surface area contributed by atoms with Crippen molar-refractivity contribution >= 4 is 27.5 Å². The molecule has 0 bridgehead atoms. The number of amides is 1. The second kappa shape index (κ2) is 4.97. The van der Waals surface area contributed by atoms with Crippen LogP contribution in [-0.2, 0) is 0 Å². The fraction of sp³-hybridized carbons (Fsp3) is 0.308. The van der Waals surface area contributed by atoms with Crippen LogP contribution in [0.3, 0.4) is 0 Å². The monoisotopic (exact) mass is 338 g/mol. The van der Waals surface area contributed by atoms with Gasteiger partial charge in [-0.3, -0.25) is 9.89 Å². The Morgan fingerprint density at radius 1 is 1.50 bits per heavy atom. The number of anilines is 1. The molecule has 7 heteroatoms. The average Bonchev–Trinajstić information content (AvgIpc) is 3.13. The number of aryl methyl sites for hydroxylation is 1. The fourth-order valence-corrected chi connectivity index (χ4v) is 2.22. The number of carbonyl (C=O) groups excluding carboxylic acids is 1. The van der Waals surface area contributed by atoms with Gasteiger partial charge in [-0.1, -0.05) is 0 Å². The predicted octanol–water partition coefficient (Wildman–Crippen LogP) is 3.14. The first-order chi connectivity index (χ1) is 9.54. The van der Waals surface area contributed by atoms with Crippen molar-refractivity contribution in [2.24, 2.45) is 0 Å². The summed E-state index contributed by atoms with van der Waals surface area (Å²) in [5.74, 6) is 0.494. The number of nitrogens with zero attached hydrogens (tertiary/aromatic N) is 2. The first-order valence-electron chi connectivity index (χ1n) is 6.24. The van der Waals surface area contributed by atoms with Crippen LogP contribution in [0, 0.1) is 12.7 Å². The maximum Gasteiger partial charge on any atom is 0.295 e. The lowest BCUT2D eigenvalue weighted by atomic mass is 10.2. The molecule has 0 spiro atoms. The highest BCUT2D eigenvalue weighted by molar-refractivity contribution is 9.10. The standard InChI is InChI=1S/C13H12BrFN4O/c1-6-4-9(15)8(14)5-10(6)16-13(20)12-17-11(18-19-12)7-2-3-7/h4-5,7H,2-3H2,1H3,(H,16,20)(H,17,18,19). The zero-order valence-corrected chi connectivity index (χ0v) is 12.3. The molecule has 0 unspecified atom stereocenters. The van der Waals surface area contributed by atoms with E-state index >= 15 is 0 Å². The molecule has 1 aromatic heterocycles. The topological polar surface area (TPSA) is 70.7 Å². The molecule has 1 aromatic carbocycles. The number of rotatable bonds is 3. The fourth-order valence-electron chi connectivity index (χ4n) is 1.87. The number of carbonyl (C=O) groups is 1. The van der Waals surface area contributed by atoms with E-state index in [0.717, 1.165) is 18.7 Å². The Morgan fingerprint density at radius 2 is 2.25 bits per heavy atom. The Morgan fingerprint density at radius 3 is 2.95 bits per heavy atom. The molecule has 1 aliphatic rings. The molecule has 0 saturated heterocycles. The van der Waals surface area contributed by atoms with E-state index < -0.39 is 5.91 Å². The highest BCUT2D eigenvalue weighted by Gasteiger charge is 2.28. The van der Waals surface area contributed by atoms with E-state index in [1.54, 1.807) is 6.92 Å². The lowest BCUT2D eigenvalue weighted by Crippen LogP contribution is -2.14. The van der Waals surface area contributed by atoms with E-state index in [2.05, 4.69) is 36.4 Å². The Bertz CT molecular complexity index is 681. The molecule has 1 amide bonds.